The highest BCUT2D eigenvalue weighted by atomic mass is 32.5. The first-order valence-corrected chi connectivity index (χ1v) is 10.2. The highest BCUT2D eigenvalue weighted by molar-refractivity contribution is 8.45. The summed E-state index contributed by atoms with van der Waals surface area (Å²) in [4.78, 5) is 9.81. The third-order valence-corrected chi connectivity index (χ3v) is 5.13. The number of esters is 1. The van der Waals surface area contributed by atoms with E-state index >= 15 is 0 Å². The van der Waals surface area contributed by atoms with Gasteiger partial charge in [0.1, 0.15) is 22.2 Å². The Bertz CT molecular complexity index is 1150. The summed E-state index contributed by atoms with van der Waals surface area (Å²) in [6, 6.07) is 5.75. The average Bonchev–Trinajstić information content (AvgIpc) is 2.66. The maximum Gasteiger partial charge on any atom is 0.360 e. The monoisotopic (exact) mass is 467 g/mol. The number of hydrogen-bond acceptors (Lipinski definition) is 5. The van der Waals surface area contributed by atoms with Gasteiger partial charge >= 0.3 is 16.2 Å². The lowest BCUT2D eigenvalue weighted by Crippen LogP contribution is -2.11. The average molecular weight is 467 g/mol. The second-order valence-corrected chi connectivity index (χ2v) is 8.61. The van der Waals surface area contributed by atoms with Gasteiger partial charge in [-0.15, -0.1) is 10.2 Å². The Hall–Kier alpha value is -3.35. The van der Waals surface area contributed by atoms with E-state index < -0.39 is 44.0 Å². The first-order chi connectivity index (χ1) is 14.2. The van der Waals surface area contributed by atoms with Crippen LogP contribution in [0.15, 0.2) is 53.4 Å². The maximum atomic E-state index is 14.1. The van der Waals surface area contributed by atoms with Crippen molar-refractivity contribution in [2.45, 2.75) is 4.90 Å². The summed E-state index contributed by atoms with van der Waals surface area (Å²) in [5.74, 6) is -2.98. The molecule has 0 spiro atoms. The van der Waals surface area contributed by atoms with E-state index in [9.17, 15) is 33.0 Å². The Morgan fingerprint density at radius 2 is 1.52 bits per heavy atom. The van der Waals surface area contributed by atoms with Crippen molar-refractivity contribution in [1.29, 1.82) is 0 Å². The molecule has 13 heteroatoms. The van der Waals surface area contributed by atoms with Gasteiger partial charge in [-0.1, -0.05) is 25.5 Å². The molecule has 0 aliphatic heterocycles. The number of anilines is 2. The Kier molecular flexibility index (Phi) is 4.92. The van der Waals surface area contributed by atoms with E-state index in [4.69, 9.17) is 0 Å². The quantitative estimate of drug-likeness (QED) is 0.338. The molecule has 0 atom stereocenters. The van der Waals surface area contributed by atoms with E-state index in [2.05, 4.69) is 20.3 Å². The minimum absolute atomic E-state index is 0.149. The summed E-state index contributed by atoms with van der Waals surface area (Å²) in [6.07, 6.45) is 0. The van der Waals surface area contributed by atoms with Crippen molar-refractivity contribution in [3.63, 3.8) is 0 Å². The summed E-state index contributed by atoms with van der Waals surface area (Å²) >= 11 is 0. The molecule has 0 fully saturated rings. The molecule has 0 aliphatic carbocycles. The largest absolute Gasteiger partial charge is 0.464 e. The molecule has 3 aromatic rings. The Balaban J connectivity index is 2.06. The highest BCUT2D eigenvalue weighted by Crippen LogP contribution is 3.02. The second kappa shape index (κ2) is 6.83. The highest BCUT2D eigenvalue weighted by Gasteiger charge is 2.65. The van der Waals surface area contributed by atoms with Crippen LogP contribution >= 0.6 is 10.2 Å². The predicted molar refractivity (Wildman–Crippen MR) is 99.8 cm³/mol. The number of halogens is 7. The summed E-state index contributed by atoms with van der Waals surface area (Å²) < 4.78 is 97.0. The molecule has 0 amide bonds. The van der Waals surface area contributed by atoms with Gasteiger partial charge in [-0.2, -0.15) is 0 Å². The van der Waals surface area contributed by atoms with Crippen molar-refractivity contribution >= 4 is 27.6 Å². The Labute approximate surface area is 170 Å². The minimum atomic E-state index is -9.87. The third-order valence-electron chi connectivity index (χ3n) is 3.97. The summed E-state index contributed by atoms with van der Waals surface area (Å²) in [5, 5.41) is 9.65. The number of carbonyl (C=O) groups is 1. The van der Waals surface area contributed by atoms with Crippen molar-refractivity contribution in [2.75, 3.05) is 12.4 Å². The summed E-state index contributed by atoms with van der Waals surface area (Å²) in [6.45, 7) is 0. The molecule has 1 heterocycles. The zero-order valence-corrected chi connectivity index (χ0v) is 16.2. The number of aromatic nitrogens is 2. The van der Waals surface area contributed by atoms with Crippen LogP contribution in [0, 0.1) is 11.6 Å². The molecule has 0 bridgehead atoms. The van der Waals surface area contributed by atoms with E-state index in [1.54, 1.807) is 0 Å². The molecule has 5 nitrogen and oxygen atoms in total. The van der Waals surface area contributed by atoms with Crippen LogP contribution in [0.2, 0.25) is 0 Å². The van der Waals surface area contributed by atoms with Crippen LogP contribution in [-0.4, -0.2) is 23.3 Å². The molecule has 1 N–H and O–H groups in total. The molecule has 0 saturated heterocycles. The maximum absolute atomic E-state index is 14.1. The van der Waals surface area contributed by atoms with Gasteiger partial charge < -0.3 is 10.1 Å². The number of nitrogens with one attached hydrogen (secondary N) is 1. The van der Waals surface area contributed by atoms with E-state index in [1.165, 1.54) is 0 Å². The summed E-state index contributed by atoms with van der Waals surface area (Å²) in [7, 11) is -8.85. The molecular weight excluding hydrogens is 455 g/mol. The van der Waals surface area contributed by atoms with Crippen LogP contribution in [0.3, 0.4) is 0 Å². The third kappa shape index (κ3) is 4.87. The van der Waals surface area contributed by atoms with Crippen LogP contribution in [0.25, 0.3) is 11.3 Å². The summed E-state index contributed by atoms with van der Waals surface area (Å²) in [5.41, 5.74) is -1.75. The van der Waals surface area contributed by atoms with E-state index in [1.807, 2.05) is 0 Å². The number of ether oxygens (including phenoxy) is 1. The number of methoxy groups -OCH3 is 1. The molecule has 3 rings (SSSR count). The van der Waals surface area contributed by atoms with E-state index in [0.717, 1.165) is 31.4 Å². The standard InChI is InChI=1S/C18H12F7N3O2S/c1-30-18(29)17-15(9-14(27-28-17)16-12(19)3-2-4-13(16)20)26-10-5-7-11(8-6-10)31(21,22,23,24)25/h2-9H,1H3,(H,26,27). The Morgan fingerprint density at radius 3 is 2.03 bits per heavy atom. The zero-order chi connectivity index (χ0) is 23.1. The van der Waals surface area contributed by atoms with Crippen molar-refractivity contribution < 1.29 is 37.7 Å². The minimum Gasteiger partial charge on any atom is -0.464 e. The molecule has 0 unspecified atom stereocenters. The van der Waals surface area contributed by atoms with Crippen molar-refractivity contribution in [1.82, 2.24) is 10.2 Å². The number of rotatable bonds is 5. The number of benzene rings is 2. The van der Waals surface area contributed by atoms with Crippen LogP contribution in [0.5, 0.6) is 0 Å². The topological polar surface area (TPSA) is 64.1 Å². The molecular formula is C18H12F7N3O2S. The van der Waals surface area contributed by atoms with Crippen LogP contribution < -0.4 is 5.32 Å². The molecule has 0 saturated carbocycles. The van der Waals surface area contributed by atoms with Gasteiger partial charge in [-0.3, -0.25) is 0 Å². The van der Waals surface area contributed by atoms with Crippen molar-refractivity contribution in [2.24, 2.45) is 0 Å². The number of hydrogen-bond donors (Lipinski definition) is 1. The lowest BCUT2D eigenvalue weighted by molar-refractivity contribution is 0.0594. The molecule has 0 aliphatic rings. The fourth-order valence-corrected chi connectivity index (χ4v) is 3.20. The predicted octanol–water partition coefficient (Wildman–Crippen LogP) is 6.61. The lowest BCUT2D eigenvalue weighted by Gasteiger charge is -2.40. The lowest BCUT2D eigenvalue weighted by atomic mass is 10.1. The van der Waals surface area contributed by atoms with Gasteiger partial charge in [-0.05, 0) is 42.5 Å². The number of nitrogens with zero attached hydrogens (tertiary/aromatic N) is 2. The van der Waals surface area contributed by atoms with Gasteiger partial charge in [0.15, 0.2) is 5.69 Å². The first kappa shape index (κ1) is 22.3. The van der Waals surface area contributed by atoms with Gasteiger partial charge in [-0.25, -0.2) is 13.6 Å². The van der Waals surface area contributed by atoms with E-state index in [-0.39, 0.29) is 29.2 Å². The van der Waals surface area contributed by atoms with Gasteiger partial charge in [0.2, 0.25) is 0 Å². The zero-order valence-electron chi connectivity index (χ0n) is 15.4. The second-order valence-electron chi connectivity index (χ2n) is 6.20. The molecule has 0 radical (unpaired) electrons. The molecule has 1 aromatic heterocycles. The fourth-order valence-electron chi connectivity index (χ4n) is 2.55. The van der Waals surface area contributed by atoms with Gasteiger partial charge in [0.05, 0.1) is 18.4 Å². The van der Waals surface area contributed by atoms with Gasteiger partial charge in [0, 0.05) is 5.69 Å². The first-order valence-electron chi connectivity index (χ1n) is 8.21. The van der Waals surface area contributed by atoms with Gasteiger partial charge in [0.25, 0.3) is 0 Å². The van der Waals surface area contributed by atoms with Crippen molar-refractivity contribution in [3.8, 4) is 11.3 Å². The van der Waals surface area contributed by atoms with Crippen molar-refractivity contribution in [3.05, 3.63) is 65.9 Å². The SMILES string of the molecule is COC(=O)c1nnc(-c2c(F)cccc2F)cc1Nc1ccc(S(F)(F)(F)(F)F)cc1. The normalized spacial score (nSPS) is 13.8. The molecule has 31 heavy (non-hydrogen) atoms. The van der Waals surface area contributed by atoms with Crippen LogP contribution in [-0.2, 0) is 4.74 Å². The number of carbonyl (C=O) groups excluding carboxylic acids is 1. The molecule has 2 aromatic carbocycles. The fraction of sp³-hybridized carbons (Fsp3) is 0.0556. The van der Waals surface area contributed by atoms with Crippen LogP contribution in [0.1, 0.15) is 10.5 Å². The van der Waals surface area contributed by atoms with E-state index in [0.29, 0.717) is 12.1 Å². The Morgan fingerprint density at radius 1 is 0.935 bits per heavy atom. The smallest absolute Gasteiger partial charge is 0.360 e. The van der Waals surface area contributed by atoms with Crippen LogP contribution in [0.4, 0.5) is 39.6 Å². The molecule has 166 valence electrons.